The number of hydrogen-bond donors (Lipinski definition) is 0. The van der Waals surface area contributed by atoms with Crippen molar-refractivity contribution in [2.24, 2.45) is 9.98 Å². The van der Waals surface area contributed by atoms with Gasteiger partial charge in [0.1, 0.15) is 10.8 Å². The molecule has 0 fully saturated rings. The van der Waals surface area contributed by atoms with Gasteiger partial charge in [-0.1, -0.05) is 43.3 Å². The highest BCUT2D eigenvalue weighted by molar-refractivity contribution is 7.18. The molecule has 1 aromatic heterocycles. The maximum atomic E-state index is 4.71. The zero-order valence-corrected chi connectivity index (χ0v) is 14.2. The minimum absolute atomic E-state index is 0.688. The molecule has 3 aromatic rings. The van der Waals surface area contributed by atoms with Crippen LogP contribution >= 0.6 is 11.3 Å². The fourth-order valence-electron chi connectivity index (χ4n) is 2.37. The molecule has 0 saturated carbocycles. The van der Waals surface area contributed by atoms with Gasteiger partial charge in [-0.25, -0.2) is 9.98 Å². The molecule has 0 bridgehead atoms. The maximum absolute atomic E-state index is 4.71. The minimum Gasteiger partial charge on any atom is -0.274 e. The summed E-state index contributed by atoms with van der Waals surface area (Å²) in [7, 11) is 1.78. The van der Waals surface area contributed by atoms with Gasteiger partial charge in [-0.15, -0.1) is 11.3 Å². The molecular formula is C19H19N3S. The summed E-state index contributed by atoms with van der Waals surface area (Å²) in [6.45, 7) is 2.07. The van der Waals surface area contributed by atoms with E-state index in [2.05, 4.69) is 59.4 Å². The summed E-state index contributed by atoms with van der Waals surface area (Å²) < 4.78 is 1.20. The van der Waals surface area contributed by atoms with E-state index in [9.17, 15) is 0 Å². The van der Waals surface area contributed by atoms with E-state index in [1.807, 2.05) is 12.3 Å². The van der Waals surface area contributed by atoms with E-state index in [1.54, 1.807) is 18.4 Å². The van der Waals surface area contributed by atoms with E-state index in [1.165, 1.54) is 15.8 Å². The molecule has 4 heteroatoms. The topological polar surface area (TPSA) is 37.6 Å². The normalized spacial score (nSPS) is 12.3. The highest BCUT2D eigenvalue weighted by atomic mass is 32.1. The second-order valence-corrected chi connectivity index (χ2v) is 6.31. The highest BCUT2D eigenvalue weighted by Gasteiger charge is 2.08. The van der Waals surface area contributed by atoms with Crippen molar-refractivity contribution < 1.29 is 0 Å². The maximum Gasteiger partial charge on any atom is 0.129 e. The van der Waals surface area contributed by atoms with Gasteiger partial charge in [0.2, 0.25) is 0 Å². The summed E-state index contributed by atoms with van der Waals surface area (Å²) in [5, 5.41) is 1.05. The van der Waals surface area contributed by atoms with E-state index >= 15 is 0 Å². The molecule has 0 saturated heterocycles. The number of rotatable bonds is 4. The molecule has 0 radical (unpaired) electrons. The number of hydrogen-bond acceptors (Lipinski definition) is 3. The highest BCUT2D eigenvalue weighted by Crippen LogP contribution is 2.28. The van der Waals surface area contributed by atoms with Crippen LogP contribution in [0.25, 0.3) is 21.3 Å². The van der Waals surface area contributed by atoms with Crippen molar-refractivity contribution in [2.75, 3.05) is 7.05 Å². The number of aliphatic imine (C=N–C) groups is 2. The Morgan fingerprint density at radius 1 is 1.13 bits per heavy atom. The van der Waals surface area contributed by atoms with Gasteiger partial charge < -0.3 is 0 Å². The van der Waals surface area contributed by atoms with Crippen LogP contribution in [-0.4, -0.2) is 24.1 Å². The zero-order valence-electron chi connectivity index (χ0n) is 13.4. The van der Waals surface area contributed by atoms with Crippen molar-refractivity contribution in [3.05, 3.63) is 53.5 Å². The lowest BCUT2D eigenvalue weighted by Gasteiger charge is -2.00. The summed E-state index contributed by atoms with van der Waals surface area (Å²) in [6, 6.07) is 16.9. The van der Waals surface area contributed by atoms with Crippen molar-refractivity contribution in [1.82, 2.24) is 4.98 Å². The summed E-state index contributed by atoms with van der Waals surface area (Å²) in [6.07, 6.45) is 3.50. The first-order chi connectivity index (χ1) is 11.3. The average Bonchev–Trinajstić information content (AvgIpc) is 3.00. The van der Waals surface area contributed by atoms with E-state index in [0.29, 0.717) is 6.42 Å². The molecule has 0 spiro atoms. The number of nitrogens with zero attached hydrogens (tertiary/aromatic N) is 3. The number of benzene rings is 2. The second-order valence-electron chi connectivity index (χ2n) is 5.19. The Labute approximate surface area is 140 Å². The molecule has 0 unspecified atom stereocenters. The van der Waals surface area contributed by atoms with Crippen molar-refractivity contribution in [3.63, 3.8) is 0 Å². The smallest absolute Gasteiger partial charge is 0.129 e. The molecule has 0 aliphatic rings. The van der Waals surface area contributed by atoms with Crippen LogP contribution in [0.2, 0.25) is 0 Å². The van der Waals surface area contributed by atoms with Crippen LogP contribution in [0.5, 0.6) is 0 Å². The summed E-state index contributed by atoms with van der Waals surface area (Å²) >= 11 is 1.72. The zero-order chi connectivity index (χ0) is 16.1. The standard InChI is InChI=1S/C19H19N3S/c1-3-11-21-18(20-2)13-19-22-16-10-9-15(12-17(16)23-19)14-7-5-4-6-8-14/h4-12H,3,13H2,1-2H3. The van der Waals surface area contributed by atoms with Crippen LogP contribution in [0.3, 0.4) is 0 Å². The summed E-state index contributed by atoms with van der Waals surface area (Å²) in [4.78, 5) is 13.3. The van der Waals surface area contributed by atoms with Gasteiger partial charge in [0, 0.05) is 13.3 Å². The number of amidine groups is 1. The van der Waals surface area contributed by atoms with Gasteiger partial charge in [0.05, 0.1) is 16.6 Å². The van der Waals surface area contributed by atoms with Crippen molar-refractivity contribution in [3.8, 4) is 11.1 Å². The third-order valence-corrected chi connectivity index (χ3v) is 4.55. The molecule has 116 valence electrons. The molecule has 3 nitrogen and oxygen atoms in total. The fraction of sp³-hybridized carbons (Fsp3) is 0.211. The Kier molecular flexibility index (Phi) is 4.93. The molecule has 0 N–H and O–H groups in total. The van der Waals surface area contributed by atoms with E-state index in [4.69, 9.17) is 4.98 Å². The predicted octanol–water partition coefficient (Wildman–Crippen LogP) is 5.01. The molecule has 2 aromatic carbocycles. The largest absolute Gasteiger partial charge is 0.274 e. The molecule has 0 aliphatic heterocycles. The lowest BCUT2D eigenvalue weighted by molar-refractivity contribution is 1.20. The van der Waals surface area contributed by atoms with Gasteiger partial charge >= 0.3 is 0 Å². The summed E-state index contributed by atoms with van der Waals surface area (Å²) in [5.41, 5.74) is 3.49. The van der Waals surface area contributed by atoms with Crippen LogP contribution in [0.15, 0.2) is 58.5 Å². The molecule has 0 aliphatic carbocycles. The van der Waals surface area contributed by atoms with Crippen molar-refractivity contribution >= 4 is 33.6 Å². The van der Waals surface area contributed by atoms with E-state index in [-0.39, 0.29) is 0 Å². The van der Waals surface area contributed by atoms with E-state index in [0.717, 1.165) is 22.8 Å². The average molecular weight is 321 g/mol. The Bertz CT molecular complexity index is 847. The van der Waals surface area contributed by atoms with Crippen molar-refractivity contribution in [1.29, 1.82) is 0 Å². The number of aromatic nitrogens is 1. The molecule has 23 heavy (non-hydrogen) atoms. The van der Waals surface area contributed by atoms with Gasteiger partial charge in [0.15, 0.2) is 0 Å². The van der Waals surface area contributed by atoms with Crippen LogP contribution in [0, 0.1) is 0 Å². The van der Waals surface area contributed by atoms with Crippen LogP contribution in [-0.2, 0) is 6.42 Å². The van der Waals surface area contributed by atoms with Crippen LogP contribution in [0.1, 0.15) is 18.4 Å². The number of thiazole rings is 1. The first-order valence-electron chi connectivity index (χ1n) is 7.73. The van der Waals surface area contributed by atoms with Gasteiger partial charge in [-0.05, 0) is 29.7 Å². The Morgan fingerprint density at radius 3 is 2.70 bits per heavy atom. The molecular weight excluding hydrogens is 302 g/mol. The second kappa shape index (κ2) is 7.29. The molecule has 1 heterocycles. The number of fused-ring (bicyclic) bond motifs is 1. The molecule has 0 amide bonds. The SMILES string of the molecule is CCC=NC(Cc1nc2ccc(-c3ccccc3)cc2s1)=NC. The Balaban J connectivity index is 1.89. The predicted molar refractivity (Wildman–Crippen MR) is 101 cm³/mol. The van der Waals surface area contributed by atoms with Crippen LogP contribution < -0.4 is 0 Å². The summed E-state index contributed by atoms with van der Waals surface area (Å²) in [5.74, 6) is 0.828. The first-order valence-corrected chi connectivity index (χ1v) is 8.55. The van der Waals surface area contributed by atoms with Gasteiger partial charge in [-0.2, -0.15) is 0 Å². The quantitative estimate of drug-likeness (QED) is 0.491. The minimum atomic E-state index is 0.688. The molecule has 0 atom stereocenters. The fourth-order valence-corrected chi connectivity index (χ4v) is 3.38. The van der Waals surface area contributed by atoms with Crippen LogP contribution in [0.4, 0.5) is 0 Å². The lowest BCUT2D eigenvalue weighted by atomic mass is 10.1. The monoisotopic (exact) mass is 321 g/mol. The third kappa shape index (κ3) is 3.71. The Hall–Kier alpha value is -2.33. The third-order valence-electron chi connectivity index (χ3n) is 3.53. The van der Waals surface area contributed by atoms with E-state index < -0.39 is 0 Å². The molecule has 3 rings (SSSR count). The van der Waals surface area contributed by atoms with Crippen molar-refractivity contribution in [2.45, 2.75) is 19.8 Å². The lowest BCUT2D eigenvalue weighted by Crippen LogP contribution is -1.99. The van der Waals surface area contributed by atoms with Gasteiger partial charge in [-0.3, -0.25) is 4.99 Å². The Morgan fingerprint density at radius 2 is 1.96 bits per heavy atom. The first kappa shape index (κ1) is 15.6. The van der Waals surface area contributed by atoms with Gasteiger partial charge in [0.25, 0.3) is 0 Å².